The second-order valence-corrected chi connectivity index (χ2v) is 9.23. The van der Waals surface area contributed by atoms with Crippen LogP contribution in [0.4, 0.5) is 17.1 Å². The third kappa shape index (κ3) is 11.4. The first-order valence-corrected chi connectivity index (χ1v) is 12.5. The Kier molecular flexibility index (Phi) is 11.8. The molecule has 3 aromatic rings. The van der Waals surface area contributed by atoms with Gasteiger partial charge < -0.3 is 25.5 Å². The van der Waals surface area contributed by atoms with Crippen LogP contribution >= 0.6 is 11.6 Å². The molecule has 4 rings (SSSR count). The fourth-order valence-corrected chi connectivity index (χ4v) is 3.16. The summed E-state index contributed by atoms with van der Waals surface area (Å²) in [6.45, 7) is 5.17. The van der Waals surface area contributed by atoms with E-state index in [1.807, 2.05) is 24.3 Å². The van der Waals surface area contributed by atoms with Gasteiger partial charge >= 0.3 is 0 Å². The molecule has 35 heavy (non-hydrogen) atoms. The number of azo groups is 1. The van der Waals surface area contributed by atoms with Gasteiger partial charge in [-0.2, -0.15) is 10.2 Å². The van der Waals surface area contributed by atoms with Crippen molar-refractivity contribution in [1.29, 1.82) is 0 Å². The molecule has 9 nitrogen and oxygen atoms in total. The largest absolute Gasteiger partial charge is 0.744 e. The van der Waals surface area contributed by atoms with Gasteiger partial charge in [-0.3, -0.25) is 0 Å². The smallest absolute Gasteiger partial charge is 0.124 e. The number of hydrogen-bond acceptors (Lipinski definition) is 8. The van der Waals surface area contributed by atoms with E-state index in [2.05, 4.69) is 22.9 Å². The molecule has 0 spiro atoms. The van der Waals surface area contributed by atoms with Crippen molar-refractivity contribution < 1.29 is 28.2 Å². The molecule has 0 amide bonds. The first-order valence-electron chi connectivity index (χ1n) is 10.7. The zero-order valence-corrected chi connectivity index (χ0v) is 20.9. The number of nitrogens with two attached hydrogens (primary N) is 1. The number of anilines is 1. The van der Waals surface area contributed by atoms with Crippen molar-refractivity contribution in [1.82, 2.24) is 0 Å². The van der Waals surface area contributed by atoms with E-state index in [0.717, 1.165) is 31.5 Å². The molecule has 0 radical (unpaired) electrons. The topological polar surface area (TPSA) is 154 Å². The Morgan fingerprint density at radius 1 is 0.857 bits per heavy atom. The summed E-state index contributed by atoms with van der Waals surface area (Å²) in [5.74, 6) is 0. The highest BCUT2D eigenvalue weighted by Gasteiger charge is 2.01. The number of quaternary nitrogens is 1. The van der Waals surface area contributed by atoms with Crippen LogP contribution in [0.25, 0.3) is 0 Å². The van der Waals surface area contributed by atoms with Crippen molar-refractivity contribution >= 4 is 38.8 Å². The SMILES string of the molecule is C1COCCO1.C[C@@H]([NH3+])c1ccc(Cl)cc1.Nc1ccc(N=Nc2ccc(S(=O)(=O)[O-])cc2)cc1. The Hall–Kier alpha value is -2.86. The van der Waals surface area contributed by atoms with Crippen LogP contribution in [-0.4, -0.2) is 39.4 Å². The van der Waals surface area contributed by atoms with Crippen molar-refractivity contribution in [2.45, 2.75) is 17.9 Å². The van der Waals surface area contributed by atoms with Gasteiger partial charge in [-0.05, 0) is 67.6 Å². The van der Waals surface area contributed by atoms with E-state index in [1.54, 1.807) is 24.3 Å². The van der Waals surface area contributed by atoms with Gasteiger partial charge in [-0.1, -0.05) is 23.7 Å². The normalized spacial score (nSPS) is 14.3. The minimum atomic E-state index is -4.43. The lowest BCUT2D eigenvalue weighted by Crippen LogP contribution is -2.51. The van der Waals surface area contributed by atoms with Gasteiger partial charge in [0, 0.05) is 16.3 Å². The monoisotopic (exact) mass is 520 g/mol. The fraction of sp³-hybridized carbons (Fsp3) is 0.250. The Balaban J connectivity index is 0.000000223. The molecule has 0 saturated carbocycles. The van der Waals surface area contributed by atoms with Gasteiger partial charge in [-0.25, -0.2) is 8.42 Å². The van der Waals surface area contributed by atoms with Gasteiger partial charge in [0.15, 0.2) is 0 Å². The third-order valence-electron chi connectivity index (χ3n) is 4.48. The average molecular weight is 521 g/mol. The molecule has 1 atom stereocenters. The maximum absolute atomic E-state index is 10.7. The van der Waals surface area contributed by atoms with E-state index in [-0.39, 0.29) is 4.90 Å². The summed E-state index contributed by atoms with van der Waals surface area (Å²) in [6, 6.07) is 20.1. The molecule has 0 aromatic heterocycles. The molecule has 1 heterocycles. The first kappa shape index (κ1) is 28.4. The summed E-state index contributed by atoms with van der Waals surface area (Å²) < 4.78 is 42.1. The van der Waals surface area contributed by atoms with Crippen molar-refractivity contribution in [3.05, 3.63) is 83.4 Å². The molecule has 1 aliphatic heterocycles. The predicted octanol–water partition coefficient (Wildman–Crippen LogP) is 4.26. The minimum absolute atomic E-state index is 0.293. The van der Waals surface area contributed by atoms with Crippen LogP contribution in [0.5, 0.6) is 0 Å². The molecule has 0 bridgehead atoms. The summed E-state index contributed by atoms with van der Waals surface area (Å²) in [5.41, 5.74) is 12.4. The average Bonchev–Trinajstić information content (AvgIpc) is 2.85. The Morgan fingerprint density at radius 3 is 1.66 bits per heavy atom. The summed E-state index contributed by atoms with van der Waals surface area (Å²) >= 11 is 5.70. The second-order valence-electron chi connectivity index (χ2n) is 7.42. The van der Waals surface area contributed by atoms with Crippen LogP contribution < -0.4 is 11.5 Å². The fourth-order valence-electron chi connectivity index (χ4n) is 2.57. The zero-order chi connectivity index (χ0) is 25.7. The standard InChI is InChI=1S/C12H11N3O3S.C8H10ClN.C4H8O2/c13-9-1-3-10(4-2-9)14-15-11-5-7-12(8-6-11)19(16,17)18;1-6(10)7-2-4-8(9)5-3-7;1-2-6-4-3-5-1/h1-8H,13H2,(H,16,17,18);2-6H,10H2,1H3;1-4H2/t;6-;/m.1./s1. The van der Waals surface area contributed by atoms with Crippen LogP contribution in [-0.2, 0) is 19.6 Å². The van der Waals surface area contributed by atoms with Gasteiger partial charge in [0.1, 0.15) is 16.2 Å². The van der Waals surface area contributed by atoms with Gasteiger partial charge in [0.05, 0.1) is 42.7 Å². The maximum atomic E-state index is 10.7. The molecule has 11 heteroatoms. The molecular weight excluding hydrogens is 492 g/mol. The number of ether oxygens (including phenoxy) is 2. The van der Waals surface area contributed by atoms with Crippen molar-refractivity contribution in [3.8, 4) is 0 Å². The van der Waals surface area contributed by atoms with Crippen LogP contribution in [0.2, 0.25) is 5.02 Å². The van der Waals surface area contributed by atoms with E-state index >= 15 is 0 Å². The Bertz CT molecular complexity index is 1140. The summed E-state index contributed by atoms with van der Waals surface area (Å²) in [7, 11) is -4.43. The summed E-state index contributed by atoms with van der Waals surface area (Å²) in [6.07, 6.45) is 0. The number of nitrogen functional groups attached to an aromatic ring is 1. The molecule has 5 N–H and O–H groups in total. The highest BCUT2D eigenvalue weighted by atomic mass is 35.5. The van der Waals surface area contributed by atoms with Crippen LogP contribution in [0.1, 0.15) is 18.5 Å². The van der Waals surface area contributed by atoms with E-state index in [0.29, 0.717) is 23.1 Å². The minimum Gasteiger partial charge on any atom is -0.744 e. The molecule has 1 aliphatic rings. The van der Waals surface area contributed by atoms with Crippen molar-refractivity contribution in [3.63, 3.8) is 0 Å². The molecule has 188 valence electrons. The molecule has 1 saturated heterocycles. The number of nitrogens with zero attached hydrogens (tertiary/aromatic N) is 2. The highest BCUT2D eigenvalue weighted by molar-refractivity contribution is 7.85. The van der Waals surface area contributed by atoms with E-state index in [1.165, 1.54) is 29.8 Å². The van der Waals surface area contributed by atoms with E-state index in [9.17, 15) is 13.0 Å². The molecule has 1 fully saturated rings. The van der Waals surface area contributed by atoms with E-state index < -0.39 is 10.1 Å². The molecule has 0 unspecified atom stereocenters. The Morgan fingerprint density at radius 2 is 1.29 bits per heavy atom. The quantitative estimate of drug-likeness (QED) is 0.297. The highest BCUT2D eigenvalue weighted by Crippen LogP contribution is 2.20. The number of halogens is 1. The Labute approximate surface area is 210 Å². The van der Waals surface area contributed by atoms with Gasteiger partial charge in [0.25, 0.3) is 0 Å². The number of hydrogen-bond donors (Lipinski definition) is 2. The zero-order valence-electron chi connectivity index (χ0n) is 19.3. The van der Waals surface area contributed by atoms with Crippen LogP contribution in [0.15, 0.2) is 87.9 Å². The third-order valence-corrected chi connectivity index (χ3v) is 5.58. The van der Waals surface area contributed by atoms with Crippen LogP contribution in [0, 0.1) is 0 Å². The van der Waals surface area contributed by atoms with Crippen molar-refractivity contribution in [2.75, 3.05) is 32.2 Å². The number of rotatable bonds is 4. The molecular formula is C24H29ClN4O5S. The predicted molar refractivity (Wildman–Crippen MR) is 134 cm³/mol. The first-order chi connectivity index (χ1) is 16.6. The van der Waals surface area contributed by atoms with Gasteiger partial charge in [0.2, 0.25) is 0 Å². The summed E-state index contributed by atoms with van der Waals surface area (Å²) in [4.78, 5) is -0.293. The second kappa shape index (κ2) is 14.5. The maximum Gasteiger partial charge on any atom is 0.124 e. The van der Waals surface area contributed by atoms with Crippen LogP contribution in [0.3, 0.4) is 0 Å². The van der Waals surface area contributed by atoms with Gasteiger partial charge in [-0.15, -0.1) is 0 Å². The summed E-state index contributed by atoms with van der Waals surface area (Å²) in [5, 5.41) is 8.65. The van der Waals surface area contributed by atoms with Crippen molar-refractivity contribution in [2.24, 2.45) is 10.2 Å². The van der Waals surface area contributed by atoms with E-state index in [4.69, 9.17) is 26.8 Å². The number of benzene rings is 3. The lowest BCUT2D eigenvalue weighted by atomic mass is 10.1. The molecule has 0 aliphatic carbocycles. The lowest BCUT2D eigenvalue weighted by Gasteiger charge is -2.09. The molecule has 3 aromatic carbocycles. The lowest BCUT2D eigenvalue weighted by molar-refractivity contribution is -0.420.